The Morgan fingerprint density at radius 1 is 1.17 bits per heavy atom. The molecule has 4 fully saturated rings. The largest absolute Gasteiger partial charge is 0.369 e. The zero-order valence-electron chi connectivity index (χ0n) is 17.1. The molecule has 1 aromatic carbocycles. The third kappa shape index (κ3) is 3.63. The second-order valence-corrected chi connectivity index (χ2v) is 11.5. The topological polar surface area (TPSA) is 116 Å². The number of carbonyl (C=O) groups is 2. The van der Waals surface area contributed by atoms with Gasteiger partial charge in [0.25, 0.3) is 16.0 Å². The van der Waals surface area contributed by atoms with Crippen LogP contribution in [0.1, 0.15) is 46.0 Å². The van der Waals surface area contributed by atoms with Crippen LogP contribution in [0.2, 0.25) is 5.02 Å². The van der Waals surface area contributed by atoms with Crippen molar-refractivity contribution in [1.29, 1.82) is 0 Å². The Labute approximate surface area is 181 Å². The third-order valence-electron chi connectivity index (χ3n) is 7.06. The molecule has 4 aliphatic carbocycles. The Hall–Kier alpha value is -1.64. The van der Waals surface area contributed by atoms with Gasteiger partial charge in [-0.2, -0.15) is 8.42 Å². The lowest BCUT2D eigenvalue weighted by Gasteiger charge is -2.59. The first-order valence-corrected chi connectivity index (χ1v) is 12.0. The summed E-state index contributed by atoms with van der Waals surface area (Å²) in [7, 11) is -4.23. The van der Waals surface area contributed by atoms with Crippen LogP contribution in [-0.2, 0) is 23.9 Å². The second kappa shape index (κ2) is 7.21. The summed E-state index contributed by atoms with van der Waals surface area (Å²) in [6.07, 6.45) is 4.12. The first-order valence-electron chi connectivity index (χ1n) is 10.2. The lowest BCUT2D eigenvalue weighted by Crippen LogP contribution is -2.63. The van der Waals surface area contributed by atoms with E-state index in [4.69, 9.17) is 21.5 Å². The van der Waals surface area contributed by atoms with Crippen molar-refractivity contribution in [3.63, 3.8) is 0 Å². The monoisotopic (exact) mass is 454 g/mol. The fourth-order valence-electron chi connectivity index (χ4n) is 5.89. The van der Waals surface area contributed by atoms with Crippen molar-refractivity contribution in [3.8, 4) is 0 Å². The Balaban J connectivity index is 1.49. The minimum Gasteiger partial charge on any atom is -0.369 e. The van der Waals surface area contributed by atoms with Crippen molar-refractivity contribution in [2.24, 2.45) is 28.9 Å². The number of primary amides is 1. The number of carbonyl (C=O) groups excluding carboxylic acids is 2. The quantitative estimate of drug-likeness (QED) is 0.641. The number of nitrogens with one attached hydrogen (secondary N) is 1. The molecule has 4 aliphatic rings. The lowest BCUT2D eigenvalue weighted by molar-refractivity contribution is -0.150. The zero-order valence-corrected chi connectivity index (χ0v) is 18.6. The van der Waals surface area contributed by atoms with Gasteiger partial charge in [-0.1, -0.05) is 23.7 Å². The first kappa shape index (κ1) is 21.6. The molecule has 3 N–H and O–H groups in total. The molecule has 0 aliphatic heterocycles. The minimum atomic E-state index is -4.23. The molecule has 30 heavy (non-hydrogen) atoms. The molecule has 164 valence electrons. The molecule has 2 atom stereocenters. The number of hydrogen-bond acceptors (Lipinski definition) is 5. The summed E-state index contributed by atoms with van der Waals surface area (Å²) in [6.45, 7) is 2.86. The van der Waals surface area contributed by atoms with Crippen LogP contribution in [0.15, 0.2) is 29.2 Å². The van der Waals surface area contributed by atoms with Crippen LogP contribution in [-0.4, -0.2) is 31.9 Å². The molecule has 0 radical (unpaired) electrons. The van der Waals surface area contributed by atoms with Gasteiger partial charge < -0.3 is 11.1 Å². The maximum atomic E-state index is 13.0. The number of nitrogens with two attached hydrogens (primary N) is 1. The molecular weight excluding hydrogens is 428 g/mol. The molecule has 2 amide bonds. The predicted molar refractivity (Wildman–Crippen MR) is 111 cm³/mol. The average molecular weight is 455 g/mol. The summed E-state index contributed by atoms with van der Waals surface area (Å²) < 4.78 is 30.7. The van der Waals surface area contributed by atoms with Crippen LogP contribution in [0.3, 0.4) is 0 Å². The van der Waals surface area contributed by atoms with Gasteiger partial charge in [-0.05, 0) is 75.8 Å². The highest BCUT2D eigenvalue weighted by atomic mass is 35.5. The van der Waals surface area contributed by atoms with Gasteiger partial charge >= 0.3 is 0 Å². The van der Waals surface area contributed by atoms with Crippen molar-refractivity contribution in [3.05, 3.63) is 29.3 Å². The van der Waals surface area contributed by atoms with E-state index in [2.05, 4.69) is 5.32 Å². The van der Waals surface area contributed by atoms with Gasteiger partial charge in [-0.25, -0.2) is 0 Å². The highest BCUT2D eigenvalue weighted by Gasteiger charge is 2.58. The molecule has 4 saturated carbocycles. The molecular formula is C21H27ClN2O5S. The third-order valence-corrected chi connectivity index (χ3v) is 9.04. The van der Waals surface area contributed by atoms with Crippen LogP contribution >= 0.6 is 11.6 Å². The zero-order chi connectivity index (χ0) is 21.9. The van der Waals surface area contributed by atoms with Gasteiger partial charge in [-0.3, -0.25) is 13.8 Å². The summed E-state index contributed by atoms with van der Waals surface area (Å²) >= 11 is 6.00. The highest BCUT2D eigenvalue weighted by Crippen LogP contribution is 2.60. The molecule has 2 unspecified atom stereocenters. The molecule has 0 aromatic heterocycles. The van der Waals surface area contributed by atoms with Gasteiger partial charge in [0.2, 0.25) is 5.91 Å². The highest BCUT2D eigenvalue weighted by molar-refractivity contribution is 7.87. The van der Waals surface area contributed by atoms with E-state index in [-0.39, 0.29) is 33.7 Å². The molecule has 7 nitrogen and oxygen atoms in total. The fourth-order valence-corrected chi connectivity index (χ4v) is 7.58. The summed E-state index contributed by atoms with van der Waals surface area (Å²) in [5.41, 5.74) is 3.66. The van der Waals surface area contributed by atoms with E-state index in [1.165, 1.54) is 32.0 Å². The number of hydrogen-bond donors (Lipinski definition) is 2. The average Bonchev–Trinajstić information content (AvgIpc) is 2.63. The van der Waals surface area contributed by atoms with Crippen molar-refractivity contribution < 1.29 is 22.2 Å². The maximum absolute atomic E-state index is 13.0. The molecule has 0 heterocycles. The van der Waals surface area contributed by atoms with E-state index in [1.807, 2.05) is 0 Å². The number of halogens is 1. The molecule has 5 rings (SSSR count). The van der Waals surface area contributed by atoms with Crippen molar-refractivity contribution in [2.45, 2.75) is 62.5 Å². The number of rotatable bonds is 6. The number of benzene rings is 1. The number of amides is 2. The Morgan fingerprint density at radius 2 is 1.77 bits per heavy atom. The first-order chi connectivity index (χ1) is 13.9. The standard InChI is InChI=1S/C21H27ClN2O5S/c1-20(2,29-30(27,28)16-6-4-3-5-15(16)22)19(26)24-17-13-7-12-8-14(17)11-21(9-12,10-13)18(23)25/h3-6,12-14,17H,7-11H2,1-2H3,(H2,23,25)(H,24,26). The molecule has 4 bridgehead atoms. The van der Waals surface area contributed by atoms with E-state index in [0.717, 1.165) is 19.3 Å². The van der Waals surface area contributed by atoms with Crippen molar-refractivity contribution in [2.75, 3.05) is 0 Å². The van der Waals surface area contributed by atoms with E-state index in [0.29, 0.717) is 18.8 Å². The normalized spacial score (nSPS) is 32.8. The molecule has 1 aromatic rings. The SMILES string of the molecule is CC(C)(OS(=O)(=O)c1ccccc1Cl)C(=O)NC1C2CC3CC1CC(C(N)=O)(C3)C2. The van der Waals surface area contributed by atoms with Gasteiger partial charge in [0.1, 0.15) is 4.90 Å². The van der Waals surface area contributed by atoms with E-state index >= 15 is 0 Å². The predicted octanol–water partition coefficient (Wildman–Crippen LogP) is 2.62. The van der Waals surface area contributed by atoms with Crippen LogP contribution < -0.4 is 11.1 Å². The van der Waals surface area contributed by atoms with Crippen LogP contribution in [0.25, 0.3) is 0 Å². The molecule has 0 spiro atoms. The van der Waals surface area contributed by atoms with Crippen LogP contribution in [0.5, 0.6) is 0 Å². The van der Waals surface area contributed by atoms with E-state index < -0.39 is 27.0 Å². The molecule has 9 heteroatoms. The van der Waals surface area contributed by atoms with Gasteiger partial charge in [0, 0.05) is 11.5 Å². The van der Waals surface area contributed by atoms with Crippen LogP contribution in [0, 0.1) is 23.2 Å². The smallest absolute Gasteiger partial charge is 0.299 e. The molecule has 0 saturated heterocycles. The van der Waals surface area contributed by atoms with Gasteiger partial charge in [0.05, 0.1) is 5.02 Å². The van der Waals surface area contributed by atoms with E-state index in [9.17, 15) is 18.0 Å². The van der Waals surface area contributed by atoms with E-state index in [1.54, 1.807) is 6.07 Å². The van der Waals surface area contributed by atoms with Crippen molar-refractivity contribution >= 4 is 33.5 Å². The Bertz CT molecular complexity index is 977. The lowest BCUT2D eigenvalue weighted by atomic mass is 9.47. The summed E-state index contributed by atoms with van der Waals surface area (Å²) in [4.78, 5) is 25.0. The van der Waals surface area contributed by atoms with Crippen molar-refractivity contribution in [1.82, 2.24) is 5.32 Å². The summed E-state index contributed by atoms with van der Waals surface area (Å²) in [5, 5.41) is 3.07. The van der Waals surface area contributed by atoms with Gasteiger partial charge in [-0.15, -0.1) is 0 Å². The fraction of sp³-hybridized carbons (Fsp3) is 0.619. The second-order valence-electron chi connectivity index (χ2n) is 9.59. The maximum Gasteiger partial charge on any atom is 0.299 e. The van der Waals surface area contributed by atoms with Crippen LogP contribution in [0.4, 0.5) is 0 Å². The minimum absolute atomic E-state index is 0.0338. The Kier molecular flexibility index (Phi) is 5.19. The summed E-state index contributed by atoms with van der Waals surface area (Å²) in [6, 6.07) is 5.84. The summed E-state index contributed by atoms with van der Waals surface area (Å²) in [5.74, 6) is 0.0743. The van der Waals surface area contributed by atoms with Gasteiger partial charge in [0.15, 0.2) is 5.60 Å². The Morgan fingerprint density at radius 3 is 2.33 bits per heavy atom.